The summed E-state index contributed by atoms with van der Waals surface area (Å²) in [6.45, 7) is -0.351. The van der Waals surface area contributed by atoms with Gasteiger partial charge in [-0.25, -0.2) is 9.18 Å². The van der Waals surface area contributed by atoms with Crippen molar-refractivity contribution in [1.29, 1.82) is 5.26 Å². The number of nitriles is 1. The van der Waals surface area contributed by atoms with Crippen molar-refractivity contribution >= 4 is 5.91 Å². The maximum absolute atomic E-state index is 13.9. The highest BCUT2D eigenvalue weighted by Crippen LogP contribution is 2.33. The van der Waals surface area contributed by atoms with E-state index < -0.39 is 35.6 Å². The van der Waals surface area contributed by atoms with Crippen molar-refractivity contribution in [2.45, 2.75) is 12.6 Å². The number of ether oxygens (including phenoxy) is 1. The lowest BCUT2D eigenvalue weighted by atomic mass is 10.1. The highest BCUT2D eigenvalue weighted by molar-refractivity contribution is 5.76. The molecule has 1 aromatic heterocycles. The van der Waals surface area contributed by atoms with Crippen LogP contribution in [0.1, 0.15) is 17.2 Å². The number of benzene rings is 1. The monoisotopic (exact) mass is 330 g/mol. The molecule has 0 spiro atoms. The lowest BCUT2D eigenvalue weighted by Crippen LogP contribution is -2.38. The minimum absolute atomic E-state index is 0.0754. The van der Waals surface area contributed by atoms with Crippen LogP contribution in [0.3, 0.4) is 0 Å². The number of H-pyrrole nitrogens is 1. The Hall–Kier alpha value is -3.41. The van der Waals surface area contributed by atoms with Crippen LogP contribution in [0, 0.1) is 17.1 Å². The number of amides is 1. The predicted molar refractivity (Wildman–Crippen MR) is 78.8 cm³/mol. The summed E-state index contributed by atoms with van der Waals surface area (Å²) >= 11 is 0. The van der Waals surface area contributed by atoms with E-state index in [1.54, 1.807) is 12.1 Å². The van der Waals surface area contributed by atoms with Crippen molar-refractivity contribution in [3.8, 4) is 11.8 Å². The summed E-state index contributed by atoms with van der Waals surface area (Å²) in [6.07, 6.45) is 1.00. The molecule has 0 saturated carbocycles. The number of halogens is 1. The third-order valence-electron chi connectivity index (χ3n) is 3.55. The summed E-state index contributed by atoms with van der Waals surface area (Å²) in [5.74, 6) is -0.728. The molecule has 2 N–H and O–H groups in total. The molecular weight excluding hydrogens is 319 g/mol. The second-order valence-electron chi connectivity index (χ2n) is 5.12. The Morgan fingerprint density at radius 3 is 3.04 bits per heavy atom. The molecule has 1 aliphatic heterocycles. The molecule has 1 aliphatic rings. The van der Waals surface area contributed by atoms with E-state index in [2.05, 4.69) is 5.32 Å². The van der Waals surface area contributed by atoms with Crippen molar-refractivity contribution in [1.82, 2.24) is 14.9 Å². The number of aromatic amines is 1. The van der Waals surface area contributed by atoms with Gasteiger partial charge in [-0.05, 0) is 12.1 Å². The molecule has 1 aromatic carbocycles. The molecule has 8 nitrogen and oxygen atoms in total. The molecule has 0 fully saturated rings. The quantitative estimate of drug-likeness (QED) is 0.808. The van der Waals surface area contributed by atoms with Crippen LogP contribution >= 0.6 is 0 Å². The Bertz CT molecular complexity index is 973. The molecule has 0 radical (unpaired) electrons. The molecule has 9 heteroatoms. The zero-order valence-electron chi connectivity index (χ0n) is 12.2. The van der Waals surface area contributed by atoms with Crippen LogP contribution in [0.25, 0.3) is 0 Å². The maximum atomic E-state index is 13.9. The van der Waals surface area contributed by atoms with Gasteiger partial charge in [-0.15, -0.1) is 0 Å². The van der Waals surface area contributed by atoms with E-state index >= 15 is 0 Å². The Labute approximate surface area is 134 Å². The van der Waals surface area contributed by atoms with Gasteiger partial charge in [-0.3, -0.25) is 19.1 Å². The number of hydrogen-bond donors (Lipinski definition) is 2. The van der Waals surface area contributed by atoms with E-state index in [1.165, 1.54) is 12.1 Å². The van der Waals surface area contributed by atoms with Crippen molar-refractivity contribution < 1.29 is 13.9 Å². The first-order valence-electron chi connectivity index (χ1n) is 6.94. The molecule has 1 atom stereocenters. The van der Waals surface area contributed by atoms with E-state index in [-0.39, 0.29) is 17.7 Å². The molecule has 0 bridgehead atoms. The summed E-state index contributed by atoms with van der Waals surface area (Å²) in [7, 11) is 0. The molecule has 1 amide bonds. The number of rotatable bonds is 3. The van der Waals surface area contributed by atoms with E-state index in [0.29, 0.717) is 5.75 Å². The molecule has 24 heavy (non-hydrogen) atoms. The Balaban J connectivity index is 1.78. The van der Waals surface area contributed by atoms with Crippen LogP contribution < -0.4 is 21.3 Å². The summed E-state index contributed by atoms with van der Waals surface area (Å²) in [4.78, 5) is 37.0. The number of aromatic nitrogens is 2. The largest absolute Gasteiger partial charge is 0.491 e. The lowest BCUT2D eigenvalue weighted by Gasteiger charge is -2.13. The van der Waals surface area contributed by atoms with Gasteiger partial charge in [0.05, 0.1) is 11.6 Å². The predicted octanol–water partition coefficient (Wildman–Crippen LogP) is -0.203. The van der Waals surface area contributed by atoms with Crippen LogP contribution in [0.2, 0.25) is 0 Å². The Morgan fingerprint density at radius 1 is 1.50 bits per heavy atom. The average molecular weight is 330 g/mol. The topological polar surface area (TPSA) is 117 Å². The molecule has 3 rings (SSSR count). The molecule has 0 aliphatic carbocycles. The van der Waals surface area contributed by atoms with Gasteiger partial charge >= 0.3 is 5.69 Å². The van der Waals surface area contributed by atoms with Gasteiger partial charge in [-0.1, -0.05) is 6.07 Å². The molecule has 2 heterocycles. The van der Waals surface area contributed by atoms with Gasteiger partial charge in [0, 0.05) is 6.20 Å². The summed E-state index contributed by atoms with van der Waals surface area (Å²) in [6, 6.07) is 5.30. The number of nitrogens with zero attached hydrogens (tertiary/aromatic N) is 2. The van der Waals surface area contributed by atoms with Gasteiger partial charge in [0.15, 0.2) is 0 Å². The van der Waals surface area contributed by atoms with Crippen LogP contribution in [0.4, 0.5) is 4.39 Å². The average Bonchev–Trinajstić information content (AvgIpc) is 2.94. The first kappa shape index (κ1) is 15.5. The van der Waals surface area contributed by atoms with Gasteiger partial charge in [-0.2, -0.15) is 5.26 Å². The third kappa shape index (κ3) is 2.77. The number of carbonyl (C=O) groups is 1. The zero-order chi connectivity index (χ0) is 17.3. The molecule has 0 saturated heterocycles. The van der Waals surface area contributed by atoms with E-state index in [9.17, 15) is 18.8 Å². The van der Waals surface area contributed by atoms with Crippen molar-refractivity contribution in [2.24, 2.45) is 0 Å². The number of fused-ring (bicyclic) bond motifs is 1. The first-order chi connectivity index (χ1) is 11.5. The van der Waals surface area contributed by atoms with Crippen molar-refractivity contribution in [2.75, 3.05) is 6.61 Å². The van der Waals surface area contributed by atoms with Crippen LogP contribution in [0.5, 0.6) is 5.75 Å². The Kier molecular flexibility index (Phi) is 3.87. The summed E-state index contributed by atoms with van der Waals surface area (Å²) in [5, 5.41) is 11.4. The number of hydrogen-bond acceptors (Lipinski definition) is 5. The van der Waals surface area contributed by atoms with Crippen molar-refractivity contribution in [3.05, 3.63) is 62.2 Å². The summed E-state index contributed by atoms with van der Waals surface area (Å²) in [5.41, 5.74) is -1.68. The van der Waals surface area contributed by atoms with Crippen LogP contribution in [0.15, 0.2) is 34.0 Å². The second kappa shape index (κ2) is 6.00. The SMILES string of the molecule is N#Cc1cn(CC(=O)NC2COc3cccc(F)c32)c(=O)[nH]c1=O. The highest BCUT2D eigenvalue weighted by atomic mass is 19.1. The van der Waals surface area contributed by atoms with Crippen LogP contribution in [-0.2, 0) is 11.3 Å². The van der Waals surface area contributed by atoms with Gasteiger partial charge < -0.3 is 10.1 Å². The minimum atomic E-state index is -0.820. The lowest BCUT2D eigenvalue weighted by molar-refractivity contribution is -0.122. The zero-order valence-corrected chi connectivity index (χ0v) is 12.2. The van der Waals surface area contributed by atoms with Gasteiger partial charge in [0.1, 0.15) is 36.4 Å². The Morgan fingerprint density at radius 2 is 2.29 bits per heavy atom. The summed E-state index contributed by atoms with van der Waals surface area (Å²) < 4.78 is 20.1. The second-order valence-corrected chi connectivity index (χ2v) is 5.12. The molecule has 122 valence electrons. The molecular formula is C15H11FN4O4. The third-order valence-corrected chi connectivity index (χ3v) is 3.55. The van der Waals surface area contributed by atoms with E-state index in [1.807, 2.05) is 4.98 Å². The molecule has 2 aromatic rings. The number of carbonyl (C=O) groups excluding carboxylic acids is 1. The van der Waals surface area contributed by atoms with E-state index in [4.69, 9.17) is 10.00 Å². The maximum Gasteiger partial charge on any atom is 0.328 e. The first-order valence-corrected chi connectivity index (χ1v) is 6.94. The van der Waals surface area contributed by atoms with Gasteiger partial charge in [0.25, 0.3) is 5.56 Å². The van der Waals surface area contributed by atoms with Crippen LogP contribution in [-0.4, -0.2) is 22.1 Å². The normalized spacial score (nSPS) is 15.2. The minimum Gasteiger partial charge on any atom is -0.491 e. The highest BCUT2D eigenvalue weighted by Gasteiger charge is 2.28. The van der Waals surface area contributed by atoms with E-state index in [0.717, 1.165) is 10.8 Å². The van der Waals surface area contributed by atoms with Crippen molar-refractivity contribution in [3.63, 3.8) is 0 Å². The fourth-order valence-corrected chi connectivity index (χ4v) is 2.45. The molecule has 1 unspecified atom stereocenters. The standard InChI is InChI=1S/C15H11FN4O4/c16-9-2-1-3-11-13(9)10(7-24-11)18-12(21)6-20-5-8(4-17)14(22)19-15(20)23/h1-3,5,10H,6-7H2,(H,18,21)(H,19,22,23). The smallest absolute Gasteiger partial charge is 0.328 e. The fourth-order valence-electron chi connectivity index (χ4n) is 2.45. The fraction of sp³-hybridized carbons (Fsp3) is 0.200. The van der Waals surface area contributed by atoms with Gasteiger partial charge in [0.2, 0.25) is 5.91 Å². The number of nitrogens with one attached hydrogen (secondary N) is 2.